The van der Waals surface area contributed by atoms with E-state index in [0.29, 0.717) is 6.42 Å². The van der Waals surface area contributed by atoms with Gasteiger partial charge in [0, 0.05) is 12.4 Å². The van der Waals surface area contributed by atoms with Gasteiger partial charge in [-0.1, -0.05) is 12.8 Å². The highest BCUT2D eigenvalue weighted by molar-refractivity contribution is 5.63. The van der Waals surface area contributed by atoms with Gasteiger partial charge in [-0.3, -0.25) is 0 Å². The molecule has 0 aromatic heterocycles. The van der Waals surface area contributed by atoms with Gasteiger partial charge in [0.05, 0.1) is 0 Å². The molecule has 0 heterocycles. The molecule has 11 heavy (non-hydrogen) atoms. The summed E-state index contributed by atoms with van der Waals surface area (Å²) in [4.78, 5) is 9.94. The Morgan fingerprint density at radius 3 is 2.45 bits per heavy atom. The number of rotatable bonds is 6. The molecule has 0 aliphatic rings. The van der Waals surface area contributed by atoms with Crippen molar-refractivity contribution < 1.29 is 9.90 Å². The van der Waals surface area contributed by atoms with Gasteiger partial charge >= 0.3 is 0 Å². The van der Waals surface area contributed by atoms with Gasteiger partial charge in [0.15, 0.2) is 0 Å². The Morgan fingerprint density at radius 1 is 1.27 bits per heavy atom. The van der Waals surface area contributed by atoms with Crippen molar-refractivity contribution in [2.24, 2.45) is 0 Å². The third-order valence-electron chi connectivity index (χ3n) is 1.45. The molecule has 2 nitrogen and oxygen atoms in total. The van der Waals surface area contributed by atoms with Crippen molar-refractivity contribution in [1.29, 1.82) is 0 Å². The molecule has 0 amide bonds. The highest BCUT2D eigenvalue weighted by Gasteiger charge is 1.89. The van der Waals surface area contributed by atoms with Crippen molar-refractivity contribution in [2.45, 2.75) is 38.5 Å². The molecule has 0 unspecified atom stereocenters. The SMILES string of the molecule is C#CCCCCCCC(=O)[O-]. The van der Waals surface area contributed by atoms with Gasteiger partial charge in [-0.15, -0.1) is 12.3 Å². The van der Waals surface area contributed by atoms with E-state index in [2.05, 4.69) is 5.92 Å². The number of carboxylic acids is 1. The molecule has 0 N–H and O–H groups in total. The number of carbonyl (C=O) groups excluding carboxylic acids is 1. The van der Waals surface area contributed by atoms with Crippen LogP contribution in [0.5, 0.6) is 0 Å². The molecular weight excluding hydrogens is 140 g/mol. The molecule has 2 heteroatoms. The van der Waals surface area contributed by atoms with Crippen LogP contribution in [0.3, 0.4) is 0 Å². The smallest absolute Gasteiger partial charge is 0.0414 e. The zero-order chi connectivity index (χ0) is 8.53. The first kappa shape index (κ1) is 10.0. The van der Waals surface area contributed by atoms with Crippen LogP contribution < -0.4 is 5.11 Å². The molecule has 0 aliphatic heterocycles. The predicted molar refractivity (Wildman–Crippen MR) is 41.5 cm³/mol. The van der Waals surface area contributed by atoms with Crippen molar-refractivity contribution >= 4 is 5.97 Å². The van der Waals surface area contributed by atoms with E-state index >= 15 is 0 Å². The maximum Gasteiger partial charge on any atom is 0.0414 e. The Labute approximate surface area is 67.6 Å². The van der Waals surface area contributed by atoms with E-state index in [-0.39, 0.29) is 6.42 Å². The van der Waals surface area contributed by atoms with Crippen LogP contribution in [0.1, 0.15) is 38.5 Å². The van der Waals surface area contributed by atoms with Gasteiger partial charge in [-0.25, -0.2) is 0 Å². The summed E-state index contributed by atoms with van der Waals surface area (Å²) in [6, 6.07) is 0. The molecule has 0 aromatic carbocycles. The van der Waals surface area contributed by atoms with Gasteiger partial charge in [-0.2, -0.15) is 0 Å². The van der Waals surface area contributed by atoms with Crippen LogP contribution in [0.2, 0.25) is 0 Å². The molecule has 0 aromatic rings. The fraction of sp³-hybridized carbons (Fsp3) is 0.667. The highest BCUT2D eigenvalue weighted by Crippen LogP contribution is 2.03. The fourth-order valence-electron chi connectivity index (χ4n) is 0.850. The quantitative estimate of drug-likeness (QED) is 0.416. The average molecular weight is 153 g/mol. The second-order valence-electron chi connectivity index (χ2n) is 2.49. The number of hydrogen-bond donors (Lipinski definition) is 0. The monoisotopic (exact) mass is 153 g/mol. The zero-order valence-electron chi connectivity index (χ0n) is 6.64. The lowest BCUT2D eigenvalue weighted by Gasteiger charge is -2.00. The minimum atomic E-state index is -0.957. The van der Waals surface area contributed by atoms with Crippen molar-refractivity contribution in [3.63, 3.8) is 0 Å². The summed E-state index contributed by atoms with van der Waals surface area (Å²) in [6.45, 7) is 0. The molecule has 0 spiro atoms. The number of carbonyl (C=O) groups is 1. The van der Waals surface area contributed by atoms with E-state index in [1.807, 2.05) is 0 Å². The van der Waals surface area contributed by atoms with Gasteiger partial charge < -0.3 is 9.90 Å². The summed E-state index contributed by atoms with van der Waals surface area (Å²) in [6.07, 6.45) is 9.70. The van der Waals surface area contributed by atoms with Crippen LogP contribution in [0.4, 0.5) is 0 Å². The van der Waals surface area contributed by atoms with Crippen molar-refractivity contribution in [3.8, 4) is 12.3 Å². The van der Waals surface area contributed by atoms with Crippen LogP contribution in [0.25, 0.3) is 0 Å². The molecule has 0 rings (SSSR count). The topological polar surface area (TPSA) is 40.1 Å². The van der Waals surface area contributed by atoms with Gasteiger partial charge in [-0.05, 0) is 19.3 Å². The Kier molecular flexibility index (Phi) is 6.51. The van der Waals surface area contributed by atoms with Crippen LogP contribution in [0, 0.1) is 12.3 Å². The molecule has 0 bridgehead atoms. The van der Waals surface area contributed by atoms with Crippen LogP contribution >= 0.6 is 0 Å². The summed E-state index contributed by atoms with van der Waals surface area (Å²) >= 11 is 0. The fourth-order valence-corrected chi connectivity index (χ4v) is 0.850. The van der Waals surface area contributed by atoms with Crippen molar-refractivity contribution in [3.05, 3.63) is 0 Å². The lowest BCUT2D eigenvalue weighted by atomic mass is 10.1. The first-order valence-electron chi connectivity index (χ1n) is 3.90. The van der Waals surface area contributed by atoms with Crippen molar-refractivity contribution in [2.75, 3.05) is 0 Å². The first-order chi connectivity index (χ1) is 5.27. The van der Waals surface area contributed by atoms with Gasteiger partial charge in [0.2, 0.25) is 0 Å². The highest BCUT2D eigenvalue weighted by atomic mass is 16.4. The lowest BCUT2D eigenvalue weighted by molar-refractivity contribution is -0.305. The molecule has 0 atom stereocenters. The number of carboxylic acid groups (broad SMARTS) is 1. The van der Waals surface area contributed by atoms with E-state index in [1.165, 1.54) is 0 Å². The Morgan fingerprint density at radius 2 is 1.91 bits per heavy atom. The molecule has 0 saturated heterocycles. The van der Waals surface area contributed by atoms with Crippen LogP contribution in [-0.4, -0.2) is 5.97 Å². The molecular formula is C9H13O2-. The zero-order valence-corrected chi connectivity index (χ0v) is 6.64. The summed E-state index contributed by atoms with van der Waals surface area (Å²) < 4.78 is 0. The number of hydrogen-bond acceptors (Lipinski definition) is 2. The molecule has 0 saturated carbocycles. The van der Waals surface area contributed by atoms with E-state index in [0.717, 1.165) is 25.7 Å². The molecule has 62 valence electrons. The first-order valence-corrected chi connectivity index (χ1v) is 3.90. The maximum absolute atomic E-state index is 9.94. The normalized spacial score (nSPS) is 9.00. The van der Waals surface area contributed by atoms with E-state index in [4.69, 9.17) is 6.42 Å². The molecule has 0 fully saturated rings. The summed E-state index contributed by atoms with van der Waals surface area (Å²) in [5.74, 6) is 1.58. The van der Waals surface area contributed by atoms with Crippen LogP contribution in [-0.2, 0) is 4.79 Å². The van der Waals surface area contributed by atoms with Crippen LogP contribution in [0.15, 0.2) is 0 Å². The molecule has 0 radical (unpaired) electrons. The Hall–Kier alpha value is -0.970. The average Bonchev–Trinajstić information content (AvgIpc) is 1.96. The lowest BCUT2D eigenvalue weighted by Crippen LogP contribution is -2.21. The van der Waals surface area contributed by atoms with E-state index in [1.54, 1.807) is 0 Å². The van der Waals surface area contributed by atoms with Crippen molar-refractivity contribution in [1.82, 2.24) is 0 Å². The molecule has 0 aliphatic carbocycles. The Bertz CT molecular complexity index is 144. The minimum absolute atomic E-state index is 0.177. The van der Waals surface area contributed by atoms with E-state index < -0.39 is 5.97 Å². The summed E-state index contributed by atoms with van der Waals surface area (Å²) in [5.41, 5.74) is 0. The van der Waals surface area contributed by atoms with Gasteiger partial charge in [0.25, 0.3) is 0 Å². The summed E-state index contributed by atoms with van der Waals surface area (Å²) in [7, 11) is 0. The second-order valence-corrected chi connectivity index (χ2v) is 2.49. The van der Waals surface area contributed by atoms with E-state index in [9.17, 15) is 9.90 Å². The minimum Gasteiger partial charge on any atom is -0.550 e. The standard InChI is InChI=1S/C9H14O2/c1-2-3-4-5-6-7-8-9(10)11/h1H,3-8H2,(H,10,11)/p-1. The number of terminal acetylenes is 1. The third kappa shape index (κ3) is 9.03. The number of aliphatic carboxylic acids is 1. The largest absolute Gasteiger partial charge is 0.550 e. The summed E-state index contributed by atoms with van der Waals surface area (Å²) in [5, 5.41) is 9.94. The third-order valence-corrected chi connectivity index (χ3v) is 1.45. The maximum atomic E-state index is 9.94. The number of unbranched alkanes of at least 4 members (excludes halogenated alkanes) is 4. The second kappa shape index (κ2) is 7.14. The van der Waals surface area contributed by atoms with Gasteiger partial charge in [0.1, 0.15) is 0 Å². The Balaban J connectivity index is 2.92. The predicted octanol–water partition coefficient (Wildman–Crippen LogP) is 0.710.